The molecule has 1 atom stereocenters. The molecule has 6 rings (SSSR count). The van der Waals surface area contributed by atoms with Crippen molar-refractivity contribution in [2.75, 3.05) is 13.7 Å². The van der Waals surface area contributed by atoms with Crippen molar-refractivity contribution >= 4 is 17.0 Å². The van der Waals surface area contributed by atoms with Crippen LogP contribution in [0.2, 0.25) is 0 Å². The molecule has 1 N–H and O–H groups in total. The highest BCUT2D eigenvalue weighted by Crippen LogP contribution is 2.47. The lowest BCUT2D eigenvalue weighted by Gasteiger charge is -2.13. The Labute approximate surface area is 243 Å². The zero-order valence-corrected chi connectivity index (χ0v) is 22.6. The van der Waals surface area contributed by atoms with E-state index in [1.54, 1.807) is 28.8 Å². The minimum absolute atomic E-state index is 0.0603. The maximum Gasteiger partial charge on any atom is 0.335 e. The molecule has 0 bridgehead atoms. The minimum Gasteiger partial charge on any atom is -0.478 e. The van der Waals surface area contributed by atoms with Crippen LogP contribution < -0.4 is 9.47 Å². The van der Waals surface area contributed by atoms with Gasteiger partial charge in [0.2, 0.25) is 0 Å². The van der Waals surface area contributed by atoms with E-state index in [9.17, 15) is 14.3 Å². The normalized spacial score (nSPS) is 13.8. The van der Waals surface area contributed by atoms with Gasteiger partial charge in [-0.25, -0.2) is 22.9 Å². The van der Waals surface area contributed by atoms with Crippen molar-refractivity contribution in [1.29, 1.82) is 5.26 Å². The summed E-state index contributed by atoms with van der Waals surface area (Å²) in [5.74, 6) is -2.64. The fourth-order valence-electron chi connectivity index (χ4n) is 5.08. The number of para-hydroxylation sites is 1. The van der Waals surface area contributed by atoms with Crippen molar-refractivity contribution in [2.24, 2.45) is 0 Å². The van der Waals surface area contributed by atoms with Gasteiger partial charge < -0.3 is 23.9 Å². The zero-order valence-electron chi connectivity index (χ0n) is 22.6. The highest BCUT2D eigenvalue weighted by atomic mass is 19.1. The van der Waals surface area contributed by atoms with E-state index in [0.717, 1.165) is 6.07 Å². The molecular formula is C32H22F3N3O5. The van der Waals surface area contributed by atoms with Gasteiger partial charge in [-0.3, -0.25) is 0 Å². The molecular weight excluding hydrogens is 563 g/mol. The van der Waals surface area contributed by atoms with Crippen LogP contribution in [0.5, 0.6) is 11.5 Å². The Kier molecular flexibility index (Phi) is 7.21. The number of aromatic nitrogens is 2. The van der Waals surface area contributed by atoms with Crippen LogP contribution in [-0.4, -0.2) is 34.3 Å². The summed E-state index contributed by atoms with van der Waals surface area (Å²) in [5, 5.41) is 18.4. The molecule has 1 aromatic heterocycles. The fraction of sp³-hybridized carbons (Fsp3) is 0.156. The van der Waals surface area contributed by atoms with Gasteiger partial charge in [-0.05, 0) is 60.2 Å². The number of benzene rings is 4. The number of carboxylic acid groups (broad SMARTS) is 1. The summed E-state index contributed by atoms with van der Waals surface area (Å²) in [6, 6.07) is 17.4. The van der Waals surface area contributed by atoms with Crippen LogP contribution in [-0.2, 0) is 17.7 Å². The van der Waals surface area contributed by atoms with Crippen molar-refractivity contribution in [1.82, 2.24) is 9.55 Å². The van der Waals surface area contributed by atoms with E-state index in [4.69, 9.17) is 19.5 Å². The predicted octanol–water partition coefficient (Wildman–Crippen LogP) is 6.40. The number of hydrogen-bond donors (Lipinski definition) is 1. The van der Waals surface area contributed by atoms with Gasteiger partial charge >= 0.3 is 5.97 Å². The van der Waals surface area contributed by atoms with Crippen LogP contribution in [0.25, 0.3) is 22.2 Å². The van der Waals surface area contributed by atoms with E-state index in [2.05, 4.69) is 4.98 Å². The van der Waals surface area contributed by atoms with E-state index in [0.29, 0.717) is 29.0 Å². The average molecular weight is 586 g/mol. The molecule has 1 aliphatic rings. The molecule has 1 unspecified atom stereocenters. The quantitative estimate of drug-likeness (QED) is 0.225. The Morgan fingerprint density at radius 3 is 2.53 bits per heavy atom. The summed E-state index contributed by atoms with van der Waals surface area (Å²) in [6.45, 7) is 0.565. The van der Waals surface area contributed by atoms with Crippen molar-refractivity contribution in [3.05, 3.63) is 112 Å². The number of fused-ring (bicyclic) bond motifs is 2. The van der Waals surface area contributed by atoms with Gasteiger partial charge in [-0.2, -0.15) is 5.26 Å². The second-order valence-corrected chi connectivity index (χ2v) is 9.82. The van der Waals surface area contributed by atoms with Crippen LogP contribution in [0.3, 0.4) is 0 Å². The summed E-state index contributed by atoms with van der Waals surface area (Å²) in [4.78, 5) is 16.0. The number of carbonyl (C=O) groups is 1. The number of methoxy groups -OCH3 is 1. The number of nitrogens with zero attached hydrogens (tertiary/aromatic N) is 3. The smallest absolute Gasteiger partial charge is 0.335 e. The van der Waals surface area contributed by atoms with Gasteiger partial charge in [0.05, 0.1) is 40.4 Å². The van der Waals surface area contributed by atoms with Crippen LogP contribution in [0, 0.1) is 28.8 Å². The standard InChI is InChI=1S/C32H22F3N3O5/c1-41-10-9-38-27-14-18(31(39)40)6-8-26(27)37-29(38)15-22-24(34)12-19(13-25(22)35)20-3-2-4-28-30(20)43-32(42-28)21-7-5-17(16-36)11-23(21)33/h2-8,11-14,32H,9-10,15H2,1H3,(H,39,40). The predicted molar refractivity (Wildman–Crippen MR) is 148 cm³/mol. The molecule has 0 saturated carbocycles. The molecule has 11 heteroatoms. The maximum absolute atomic E-state index is 15.6. The van der Waals surface area contributed by atoms with Crippen molar-refractivity contribution in [3.8, 4) is 28.7 Å². The van der Waals surface area contributed by atoms with Gasteiger partial charge in [0.15, 0.2) is 11.5 Å². The molecule has 0 aliphatic carbocycles. The number of rotatable bonds is 8. The molecule has 5 aromatic rings. The molecule has 0 amide bonds. The van der Waals surface area contributed by atoms with E-state index in [-0.39, 0.29) is 52.3 Å². The molecule has 1 aliphatic heterocycles. The Morgan fingerprint density at radius 1 is 1.05 bits per heavy atom. The highest BCUT2D eigenvalue weighted by molar-refractivity contribution is 5.92. The topological polar surface area (TPSA) is 107 Å². The molecule has 0 saturated heterocycles. The lowest BCUT2D eigenvalue weighted by atomic mass is 10.00. The Bertz CT molecular complexity index is 1930. The lowest BCUT2D eigenvalue weighted by Crippen LogP contribution is -2.11. The number of nitriles is 1. The van der Waals surface area contributed by atoms with E-state index in [1.165, 1.54) is 43.5 Å². The summed E-state index contributed by atoms with van der Waals surface area (Å²) in [5.41, 5.74) is 1.56. The summed E-state index contributed by atoms with van der Waals surface area (Å²) < 4.78 is 64.3. The van der Waals surface area contributed by atoms with Crippen LogP contribution in [0.15, 0.2) is 66.7 Å². The van der Waals surface area contributed by atoms with Gasteiger partial charge in [-0.1, -0.05) is 12.1 Å². The van der Waals surface area contributed by atoms with Crippen molar-refractivity contribution in [2.45, 2.75) is 19.3 Å². The molecule has 2 heterocycles. The van der Waals surface area contributed by atoms with Gasteiger partial charge in [0.25, 0.3) is 6.29 Å². The third kappa shape index (κ3) is 5.13. The molecule has 216 valence electrons. The first kappa shape index (κ1) is 27.8. The number of carboxylic acids is 1. The number of hydrogen-bond acceptors (Lipinski definition) is 6. The highest BCUT2D eigenvalue weighted by Gasteiger charge is 2.31. The van der Waals surface area contributed by atoms with E-state index >= 15 is 8.78 Å². The van der Waals surface area contributed by atoms with Crippen LogP contribution >= 0.6 is 0 Å². The first-order valence-electron chi connectivity index (χ1n) is 13.1. The summed E-state index contributed by atoms with van der Waals surface area (Å²) in [7, 11) is 1.51. The molecule has 43 heavy (non-hydrogen) atoms. The second-order valence-electron chi connectivity index (χ2n) is 9.82. The first-order valence-corrected chi connectivity index (χ1v) is 13.1. The largest absolute Gasteiger partial charge is 0.478 e. The molecule has 0 radical (unpaired) electrons. The third-order valence-corrected chi connectivity index (χ3v) is 7.20. The Hall–Kier alpha value is -5.34. The first-order chi connectivity index (χ1) is 20.8. The fourth-order valence-corrected chi connectivity index (χ4v) is 5.08. The molecule has 0 fully saturated rings. The lowest BCUT2D eigenvalue weighted by molar-refractivity contribution is 0.0457. The SMILES string of the molecule is COCCn1c(Cc2c(F)cc(-c3cccc4c3OC(c3ccc(C#N)cc3F)O4)cc2F)nc2ccc(C(=O)O)cc21. The Morgan fingerprint density at radius 2 is 1.84 bits per heavy atom. The van der Waals surface area contributed by atoms with Crippen molar-refractivity contribution < 1.29 is 37.3 Å². The molecule has 8 nitrogen and oxygen atoms in total. The minimum atomic E-state index is -1.15. The number of aromatic carboxylic acids is 1. The number of ether oxygens (including phenoxy) is 3. The Balaban J connectivity index is 1.33. The van der Waals surface area contributed by atoms with Crippen LogP contribution in [0.4, 0.5) is 13.2 Å². The average Bonchev–Trinajstić information content (AvgIpc) is 3.58. The monoisotopic (exact) mass is 585 g/mol. The van der Waals surface area contributed by atoms with Crippen LogP contribution in [0.1, 0.15) is 39.2 Å². The van der Waals surface area contributed by atoms with Crippen molar-refractivity contribution in [3.63, 3.8) is 0 Å². The van der Waals surface area contributed by atoms with E-state index < -0.39 is 29.7 Å². The van der Waals surface area contributed by atoms with E-state index in [1.807, 2.05) is 6.07 Å². The van der Waals surface area contributed by atoms with Gasteiger partial charge in [0, 0.05) is 31.2 Å². The summed E-state index contributed by atoms with van der Waals surface area (Å²) >= 11 is 0. The molecule has 4 aromatic carbocycles. The molecule has 0 spiro atoms. The second kappa shape index (κ2) is 11.2. The number of halogens is 3. The van der Waals surface area contributed by atoms with Gasteiger partial charge in [0.1, 0.15) is 23.3 Å². The number of imidazole rings is 1. The van der Waals surface area contributed by atoms with Gasteiger partial charge in [-0.15, -0.1) is 0 Å². The third-order valence-electron chi connectivity index (χ3n) is 7.20. The summed E-state index contributed by atoms with van der Waals surface area (Å²) in [6.07, 6.45) is -1.36. The zero-order chi connectivity index (χ0) is 30.2. The maximum atomic E-state index is 15.6.